The van der Waals surface area contributed by atoms with Gasteiger partial charge in [0.05, 0.1) is 44.9 Å². The number of cyclic esters (lactones) is 1. The van der Waals surface area contributed by atoms with Crippen LogP contribution >= 0.6 is 0 Å². The summed E-state index contributed by atoms with van der Waals surface area (Å²) in [6.07, 6.45) is -0.828. The molecule has 12 nitrogen and oxygen atoms in total. The first kappa shape index (κ1) is 42.5. The van der Waals surface area contributed by atoms with Crippen LogP contribution in [0.25, 0.3) is 0 Å². The predicted molar refractivity (Wildman–Crippen MR) is 249 cm³/mol. The topological polar surface area (TPSA) is 139 Å². The maximum absolute atomic E-state index is 15.7. The summed E-state index contributed by atoms with van der Waals surface area (Å²) in [7, 11) is 1.61. The van der Waals surface area contributed by atoms with Gasteiger partial charge in [-0.25, -0.2) is 0 Å². The Balaban J connectivity index is 1.19. The average Bonchev–Trinajstić information content (AvgIpc) is 3.85. The number of fused-ring (bicyclic) bond motifs is 3. The highest BCUT2D eigenvalue weighted by Crippen LogP contribution is 2.65. The SMILES string of the molecule is COc1ccc(C#Cc2ccc3c(c2)[C@]2(C(=O)N3)[C@H](C(=O)Nc3ccc(N4CCOCC4)cc3)C3C(=O)O[C@H](c4ccccc4)[C@H](c4ccccc4)N3[C@@H]2c2cccc(OCCO)c2)cc1. The van der Waals surface area contributed by atoms with Crippen LogP contribution in [0.1, 0.15) is 51.6 Å². The quantitative estimate of drug-likeness (QED) is 0.0956. The Hall–Kier alpha value is -7.43. The molecule has 0 saturated carbocycles. The number of amides is 2. The van der Waals surface area contributed by atoms with Crippen molar-refractivity contribution in [3.63, 3.8) is 0 Å². The lowest BCUT2D eigenvalue weighted by molar-refractivity contribution is -0.177. The van der Waals surface area contributed by atoms with E-state index in [1.807, 2.05) is 150 Å². The van der Waals surface area contributed by atoms with E-state index in [1.165, 1.54) is 0 Å². The van der Waals surface area contributed by atoms with Crippen molar-refractivity contribution in [3.05, 3.63) is 185 Å². The van der Waals surface area contributed by atoms with E-state index in [1.54, 1.807) is 13.2 Å². The zero-order valence-electron chi connectivity index (χ0n) is 36.3. The van der Waals surface area contributed by atoms with Crippen LogP contribution in [0.3, 0.4) is 0 Å². The largest absolute Gasteiger partial charge is 0.497 e. The third kappa shape index (κ3) is 7.71. The number of nitrogens with one attached hydrogen (secondary N) is 2. The van der Waals surface area contributed by atoms with Crippen LogP contribution in [0, 0.1) is 17.8 Å². The maximum atomic E-state index is 15.7. The molecular formula is C54H48N4O8. The fraction of sp³-hybridized carbons (Fsp3) is 0.241. The number of nitrogens with zero attached hydrogens (tertiary/aromatic N) is 2. The molecule has 4 aliphatic rings. The van der Waals surface area contributed by atoms with Crippen molar-refractivity contribution in [2.75, 3.05) is 62.2 Å². The molecule has 10 rings (SSSR count). The van der Waals surface area contributed by atoms with Crippen LogP contribution in [0.2, 0.25) is 0 Å². The number of aliphatic hydroxyl groups is 1. The Kier molecular flexibility index (Phi) is 11.7. The lowest BCUT2D eigenvalue weighted by Crippen LogP contribution is -2.53. The van der Waals surface area contributed by atoms with Gasteiger partial charge in [-0.2, -0.15) is 0 Å². The number of esters is 1. The minimum atomic E-state index is -1.75. The average molecular weight is 881 g/mol. The summed E-state index contributed by atoms with van der Waals surface area (Å²) in [4.78, 5) is 50.9. The molecule has 4 heterocycles. The van der Waals surface area contributed by atoms with E-state index in [9.17, 15) is 5.11 Å². The molecule has 3 saturated heterocycles. The second kappa shape index (κ2) is 18.2. The standard InChI is InChI=1S/C54H48N4O8/c1-63-42-24-17-35(18-25-42)15-16-36-19-26-45-44(33-36)54(53(62)56-45)46(51(60)55-40-20-22-41(23-21-40)57-27-30-64-31-28-57)48-52(61)66-49(38-11-6-3-7-12-38)47(37-9-4-2-5-10-37)58(48)50(54)39-13-8-14-43(34-39)65-32-29-59/h2-14,17-26,33-34,46-50,59H,27-32H2,1H3,(H,55,60)(H,56,62)/t46-,47-,48?,49+,50+,54-/m0/s1. The van der Waals surface area contributed by atoms with Crippen molar-refractivity contribution in [3.8, 4) is 23.3 Å². The van der Waals surface area contributed by atoms with Crippen LogP contribution in [-0.2, 0) is 29.3 Å². The van der Waals surface area contributed by atoms with Gasteiger partial charge in [0.15, 0.2) is 0 Å². The van der Waals surface area contributed by atoms with Crippen LogP contribution in [0.4, 0.5) is 17.1 Å². The minimum absolute atomic E-state index is 0.0373. The lowest BCUT2D eigenvalue weighted by atomic mass is 9.65. The second-order valence-electron chi connectivity index (χ2n) is 16.7. The summed E-state index contributed by atoms with van der Waals surface area (Å²) in [6, 6.07) is 44.3. The Labute approximate surface area is 383 Å². The van der Waals surface area contributed by atoms with Crippen molar-refractivity contribution in [2.24, 2.45) is 5.92 Å². The monoisotopic (exact) mass is 880 g/mol. The summed E-state index contributed by atoms with van der Waals surface area (Å²) < 4.78 is 23.5. The van der Waals surface area contributed by atoms with Gasteiger partial charge in [0, 0.05) is 41.3 Å². The van der Waals surface area contributed by atoms with Crippen molar-refractivity contribution < 1.29 is 38.4 Å². The number of rotatable bonds is 10. The van der Waals surface area contributed by atoms with E-state index in [4.69, 9.17) is 18.9 Å². The summed E-state index contributed by atoms with van der Waals surface area (Å²) in [5.41, 5.74) is 4.34. The normalized spacial score (nSPS) is 23.2. The van der Waals surface area contributed by atoms with Gasteiger partial charge >= 0.3 is 5.97 Å². The second-order valence-corrected chi connectivity index (χ2v) is 16.7. The van der Waals surface area contributed by atoms with Gasteiger partial charge in [0.2, 0.25) is 11.8 Å². The van der Waals surface area contributed by atoms with Crippen LogP contribution in [-0.4, -0.2) is 80.5 Å². The van der Waals surface area contributed by atoms with Crippen LogP contribution < -0.4 is 25.0 Å². The highest BCUT2D eigenvalue weighted by atomic mass is 16.6. The number of hydrogen-bond donors (Lipinski definition) is 3. The van der Waals surface area contributed by atoms with Gasteiger partial charge in [0.25, 0.3) is 0 Å². The van der Waals surface area contributed by atoms with Gasteiger partial charge in [-0.15, -0.1) is 0 Å². The Bertz CT molecular complexity index is 2810. The molecule has 1 unspecified atom stereocenters. The van der Waals surface area contributed by atoms with E-state index in [2.05, 4.69) is 27.4 Å². The molecule has 3 N–H and O–H groups in total. The first-order chi connectivity index (χ1) is 32.4. The van der Waals surface area contributed by atoms with Gasteiger partial charge in [-0.05, 0) is 101 Å². The van der Waals surface area contributed by atoms with Gasteiger partial charge < -0.3 is 39.6 Å². The highest BCUT2D eigenvalue weighted by Gasteiger charge is 2.74. The van der Waals surface area contributed by atoms with Gasteiger partial charge in [-0.1, -0.05) is 84.6 Å². The molecular weight excluding hydrogens is 833 g/mol. The first-order valence-electron chi connectivity index (χ1n) is 22.1. The fourth-order valence-electron chi connectivity index (χ4n) is 10.2. The molecule has 1 spiro atoms. The number of carbonyl (C=O) groups is 3. The third-order valence-corrected chi connectivity index (χ3v) is 13.1. The van der Waals surface area contributed by atoms with Crippen molar-refractivity contribution >= 4 is 34.8 Å². The van der Waals surface area contributed by atoms with Crippen LogP contribution in [0.5, 0.6) is 11.5 Å². The minimum Gasteiger partial charge on any atom is -0.497 e. The summed E-state index contributed by atoms with van der Waals surface area (Å²) in [5.74, 6) is 4.75. The summed E-state index contributed by atoms with van der Waals surface area (Å²) in [6.45, 7) is 2.57. The molecule has 0 radical (unpaired) electrons. The predicted octanol–water partition coefficient (Wildman–Crippen LogP) is 7.21. The van der Waals surface area contributed by atoms with Crippen molar-refractivity contribution in [2.45, 2.75) is 29.6 Å². The molecule has 332 valence electrons. The van der Waals surface area contributed by atoms with E-state index in [-0.39, 0.29) is 13.2 Å². The lowest BCUT2D eigenvalue weighted by Gasteiger charge is -2.46. The van der Waals surface area contributed by atoms with E-state index in [0.717, 1.165) is 35.5 Å². The molecule has 6 atom stereocenters. The Morgan fingerprint density at radius 3 is 2.17 bits per heavy atom. The molecule has 66 heavy (non-hydrogen) atoms. The zero-order valence-corrected chi connectivity index (χ0v) is 36.3. The molecule has 2 amide bonds. The van der Waals surface area contributed by atoms with E-state index >= 15 is 14.4 Å². The number of aliphatic hydroxyl groups excluding tert-OH is 1. The third-order valence-electron chi connectivity index (χ3n) is 13.1. The van der Waals surface area contributed by atoms with Gasteiger partial charge in [-0.3, -0.25) is 19.3 Å². The smallest absolute Gasteiger partial charge is 0.324 e. The first-order valence-corrected chi connectivity index (χ1v) is 22.1. The molecule has 4 aliphatic heterocycles. The number of anilines is 3. The Morgan fingerprint density at radius 1 is 0.773 bits per heavy atom. The van der Waals surface area contributed by atoms with Crippen molar-refractivity contribution in [1.29, 1.82) is 0 Å². The molecule has 3 fully saturated rings. The number of benzene rings is 6. The number of ether oxygens (including phenoxy) is 4. The molecule has 6 aromatic rings. The Morgan fingerprint density at radius 2 is 1.45 bits per heavy atom. The molecule has 0 aliphatic carbocycles. The zero-order chi connectivity index (χ0) is 45.2. The number of methoxy groups -OCH3 is 1. The van der Waals surface area contributed by atoms with Crippen LogP contribution in [0.15, 0.2) is 152 Å². The highest BCUT2D eigenvalue weighted by molar-refractivity contribution is 6.13. The molecule has 6 aromatic carbocycles. The van der Waals surface area contributed by atoms with E-state index < -0.39 is 53.3 Å². The van der Waals surface area contributed by atoms with Crippen molar-refractivity contribution in [1.82, 2.24) is 4.90 Å². The summed E-state index contributed by atoms with van der Waals surface area (Å²) >= 11 is 0. The summed E-state index contributed by atoms with van der Waals surface area (Å²) in [5, 5.41) is 16.1. The number of morpholine rings is 2. The number of hydrogen-bond acceptors (Lipinski definition) is 10. The number of carbonyl (C=O) groups excluding carboxylic acids is 3. The molecule has 0 aromatic heterocycles. The molecule has 0 bridgehead atoms. The molecule has 12 heteroatoms. The van der Waals surface area contributed by atoms with Gasteiger partial charge in [0.1, 0.15) is 35.7 Å². The van der Waals surface area contributed by atoms with E-state index in [0.29, 0.717) is 52.8 Å². The fourth-order valence-corrected chi connectivity index (χ4v) is 10.2. The maximum Gasteiger partial charge on any atom is 0.324 e.